The lowest BCUT2D eigenvalue weighted by Gasteiger charge is -2.10. The van der Waals surface area contributed by atoms with Crippen LogP contribution >= 0.6 is 0 Å². The maximum Gasteiger partial charge on any atom is 0.250 e. The number of nitrogens with zero attached hydrogens (tertiary/aromatic N) is 4. The highest BCUT2D eigenvalue weighted by molar-refractivity contribution is 5.77. The standard InChI is InChI=1S/C18H20N4/c1-11-10-12(2)14(4)17(13(11)3)20-21-18-19-15-8-6-7-9-16(15)22(18)5/h6-10H,1-5H3/b21-20+. The van der Waals surface area contributed by atoms with E-state index in [1.807, 2.05) is 35.9 Å². The number of para-hydroxylation sites is 2. The van der Waals surface area contributed by atoms with E-state index in [9.17, 15) is 0 Å². The van der Waals surface area contributed by atoms with E-state index in [-0.39, 0.29) is 0 Å². The molecule has 0 amide bonds. The molecule has 0 atom stereocenters. The maximum absolute atomic E-state index is 4.53. The third kappa shape index (κ3) is 2.30. The molecular formula is C18H20N4. The molecule has 4 nitrogen and oxygen atoms in total. The summed E-state index contributed by atoms with van der Waals surface area (Å²) in [4.78, 5) is 4.53. The van der Waals surface area contributed by atoms with E-state index in [1.54, 1.807) is 0 Å². The highest BCUT2D eigenvalue weighted by Gasteiger charge is 2.09. The van der Waals surface area contributed by atoms with Gasteiger partial charge in [0.05, 0.1) is 16.7 Å². The lowest BCUT2D eigenvalue weighted by molar-refractivity contribution is 0.919. The van der Waals surface area contributed by atoms with E-state index in [0.717, 1.165) is 16.7 Å². The fourth-order valence-electron chi connectivity index (χ4n) is 2.66. The fraction of sp³-hybridized carbons (Fsp3) is 0.278. The number of imidazole rings is 1. The van der Waals surface area contributed by atoms with Gasteiger partial charge in [-0.1, -0.05) is 18.2 Å². The van der Waals surface area contributed by atoms with Crippen LogP contribution in [0.1, 0.15) is 22.3 Å². The Hall–Kier alpha value is -2.49. The van der Waals surface area contributed by atoms with Gasteiger partial charge in [0.25, 0.3) is 0 Å². The average molecular weight is 292 g/mol. The molecule has 0 unspecified atom stereocenters. The molecule has 3 aromatic rings. The van der Waals surface area contributed by atoms with Crippen LogP contribution < -0.4 is 0 Å². The summed E-state index contributed by atoms with van der Waals surface area (Å²) in [6.45, 7) is 8.39. The van der Waals surface area contributed by atoms with E-state index in [1.165, 1.54) is 22.3 Å². The van der Waals surface area contributed by atoms with Crippen LogP contribution in [0.5, 0.6) is 0 Å². The molecule has 0 aliphatic heterocycles. The average Bonchev–Trinajstić information content (AvgIpc) is 2.82. The predicted molar refractivity (Wildman–Crippen MR) is 90.3 cm³/mol. The van der Waals surface area contributed by atoms with E-state index in [0.29, 0.717) is 5.95 Å². The van der Waals surface area contributed by atoms with Gasteiger partial charge in [0.1, 0.15) is 0 Å². The summed E-state index contributed by atoms with van der Waals surface area (Å²) >= 11 is 0. The van der Waals surface area contributed by atoms with Crippen LogP contribution in [0.3, 0.4) is 0 Å². The van der Waals surface area contributed by atoms with Gasteiger partial charge in [0, 0.05) is 7.05 Å². The molecule has 3 rings (SSSR count). The van der Waals surface area contributed by atoms with E-state index in [2.05, 4.69) is 49.0 Å². The molecule has 0 saturated heterocycles. The van der Waals surface area contributed by atoms with Crippen LogP contribution in [-0.4, -0.2) is 9.55 Å². The van der Waals surface area contributed by atoms with Gasteiger partial charge in [-0.15, -0.1) is 10.2 Å². The van der Waals surface area contributed by atoms with Crippen molar-refractivity contribution >= 4 is 22.7 Å². The molecule has 1 aromatic heterocycles. The smallest absolute Gasteiger partial charge is 0.250 e. The van der Waals surface area contributed by atoms with Crippen LogP contribution in [0.15, 0.2) is 40.6 Å². The van der Waals surface area contributed by atoms with Crippen LogP contribution in [0.4, 0.5) is 11.6 Å². The molecule has 0 bridgehead atoms. The first-order valence-corrected chi connectivity index (χ1v) is 7.39. The Kier molecular flexibility index (Phi) is 3.53. The molecule has 22 heavy (non-hydrogen) atoms. The van der Waals surface area contributed by atoms with Crippen molar-refractivity contribution in [3.05, 3.63) is 52.6 Å². The quantitative estimate of drug-likeness (QED) is 0.597. The Morgan fingerprint density at radius 3 is 2.18 bits per heavy atom. The summed E-state index contributed by atoms with van der Waals surface area (Å²) in [5.41, 5.74) is 7.77. The van der Waals surface area contributed by atoms with Crippen molar-refractivity contribution < 1.29 is 0 Å². The Morgan fingerprint density at radius 1 is 0.909 bits per heavy atom. The fourth-order valence-corrected chi connectivity index (χ4v) is 2.66. The summed E-state index contributed by atoms with van der Waals surface area (Å²) in [5, 5.41) is 8.89. The Bertz CT molecular complexity index is 861. The molecule has 4 heteroatoms. The van der Waals surface area contributed by atoms with Crippen molar-refractivity contribution in [2.75, 3.05) is 0 Å². The molecule has 1 heterocycles. The van der Waals surface area contributed by atoms with Gasteiger partial charge in [0.2, 0.25) is 5.95 Å². The van der Waals surface area contributed by atoms with E-state index < -0.39 is 0 Å². The topological polar surface area (TPSA) is 42.5 Å². The van der Waals surface area contributed by atoms with Crippen LogP contribution in [0.25, 0.3) is 11.0 Å². The maximum atomic E-state index is 4.53. The lowest BCUT2D eigenvalue weighted by atomic mass is 9.99. The molecule has 112 valence electrons. The highest BCUT2D eigenvalue weighted by atomic mass is 15.3. The number of hydrogen-bond donors (Lipinski definition) is 0. The molecule has 0 aliphatic carbocycles. The summed E-state index contributed by atoms with van der Waals surface area (Å²) in [5.74, 6) is 0.624. The van der Waals surface area contributed by atoms with Crippen molar-refractivity contribution in [1.82, 2.24) is 9.55 Å². The first kappa shape index (κ1) is 14.4. The van der Waals surface area contributed by atoms with Gasteiger partial charge < -0.3 is 4.57 Å². The van der Waals surface area contributed by atoms with Gasteiger partial charge in [-0.2, -0.15) is 0 Å². The van der Waals surface area contributed by atoms with E-state index >= 15 is 0 Å². The lowest BCUT2D eigenvalue weighted by Crippen LogP contribution is -1.90. The third-order valence-electron chi connectivity index (χ3n) is 4.33. The molecule has 2 aromatic carbocycles. The summed E-state index contributed by atoms with van der Waals surface area (Å²) < 4.78 is 1.96. The van der Waals surface area contributed by atoms with Crippen molar-refractivity contribution in [3.63, 3.8) is 0 Å². The van der Waals surface area contributed by atoms with E-state index in [4.69, 9.17) is 0 Å². The zero-order valence-electron chi connectivity index (χ0n) is 13.7. The molecule has 0 aliphatic rings. The Balaban J connectivity index is 2.09. The van der Waals surface area contributed by atoms with Crippen LogP contribution in [-0.2, 0) is 7.05 Å². The second-order valence-electron chi connectivity index (χ2n) is 5.77. The first-order valence-electron chi connectivity index (χ1n) is 7.39. The third-order valence-corrected chi connectivity index (χ3v) is 4.33. The summed E-state index contributed by atoms with van der Waals surface area (Å²) in [6.07, 6.45) is 0. The normalized spacial score (nSPS) is 11.7. The molecule has 0 N–H and O–H groups in total. The highest BCUT2D eigenvalue weighted by Crippen LogP contribution is 2.31. The zero-order valence-corrected chi connectivity index (χ0v) is 13.7. The zero-order chi connectivity index (χ0) is 15.9. The second-order valence-corrected chi connectivity index (χ2v) is 5.77. The number of rotatable bonds is 2. The van der Waals surface area contributed by atoms with Crippen LogP contribution in [0.2, 0.25) is 0 Å². The number of azo groups is 1. The van der Waals surface area contributed by atoms with Gasteiger partial charge >= 0.3 is 0 Å². The molecule has 0 spiro atoms. The second kappa shape index (κ2) is 5.37. The van der Waals surface area contributed by atoms with Crippen molar-refractivity contribution in [2.24, 2.45) is 17.3 Å². The number of aryl methyl sites for hydroxylation is 3. The molecule has 0 saturated carbocycles. The number of fused-ring (bicyclic) bond motifs is 1. The Morgan fingerprint density at radius 2 is 1.55 bits per heavy atom. The minimum absolute atomic E-state index is 0.624. The van der Waals surface area contributed by atoms with Gasteiger partial charge in [-0.05, 0) is 62.1 Å². The van der Waals surface area contributed by atoms with Crippen molar-refractivity contribution in [1.29, 1.82) is 0 Å². The van der Waals surface area contributed by atoms with Crippen molar-refractivity contribution in [3.8, 4) is 0 Å². The largest absolute Gasteiger partial charge is 0.310 e. The number of hydrogen-bond acceptors (Lipinski definition) is 3. The summed E-state index contributed by atoms with van der Waals surface area (Å²) in [6, 6.07) is 10.2. The SMILES string of the molecule is Cc1cc(C)c(C)c(/N=N/c2nc3ccccc3n2C)c1C. The molecule has 0 radical (unpaired) electrons. The summed E-state index contributed by atoms with van der Waals surface area (Å²) in [7, 11) is 1.96. The minimum atomic E-state index is 0.624. The number of aromatic nitrogens is 2. The minimum Gasteiger partial charge on any atom is -0.310 e. The van der Waals surface area contributed by atoms with Crippen LogP contribution in [0, 0.1) is 27.7 Å². The van der Waals surface area contributed by atoms with Gasteiger partial charge in [-0.25, -0.2) is 4.98 Å². The predicted octanol–water partition coefficient (Wildman–Crippen LogP) is 5.22. The van der Waals surface area contributed by atoms with Gasteiger partial charge in [-0.3, -0.25) is 0 Å². The monoisotopic (exact) mass is 292 g/mol. The van der Waals surface area contributed by atoms with Crippen molar-refractivity contribution in [2.45, 2.75) is 27.7 Å². The molecular weight excluding hydrogens is 272 g/mol. The first-order chi connectivity index (χ1) is 10.5. The number of benzene rings is 2. The van der Waals surface area contributed by atoms with Gasteiger partial charge in [0.15, 0.2) is 0 Å². The Labute approximate surface area is 130 Å². The molecule has 0 fully saturated rings.